The Kier molecular flexibility index (Phi) is 10.8. The largest absolute Gasteiger partial charge is 0.0730 e. The molecule has 0 amide bonds. The molecule has 0 aliphatic heterocycles. The number of rotatable bonds is 9. The fourth-order valence-corrected chi connectivity index (χ4v) is 5.71. The summed E-state index contributed by atoms with van der Waals surface area (Å²) in [6.07, 6.45) is 25.7. The normalized spacial score (nSPS) is 26.5. The molecule has 0 spiro atoms. The van der Waals surface area contributed by atoms with Gasteiger partial charge in [-0.2, -0.15) is 0 Å². The van der Waals surface area contributed by atoms with Crippen molar-refractivity contribution < 1.29 is 0 Å². The first-order valence-electron chi connectivity index (χ1n) is 13.5. The van der Waals surface area contributed by atoms with Crippen molar-refractivity contribution in [1.82, 2.24) is 0 Å². The van der Waals surface area contributed by atoms with Crippen molar-refractivity contribution in [1.29, 1.82) is 0 Å². The van der Waals surface area contributed by atoms with Gasteiger partial charge in [-0.05, 0) is 86.0 Å². The van der Waals surface area contributed by atoms with E-state index in [9.17, 15) is 0 Å². The van der Waals surface area contributed by atoms with Gasteiger partial charge in [0.2, 0.25) is 0 Å². The van der Waals surface area contributed by atoms with Crippen LogP contribution in [0.15, 0.2) is 36.4 Å². The highest BCUT2D eigenvalue weighted by atomic mass is 14.3. The van der Waals surface area contributed by atoms with Gasteiger partial charge in [0.25, 0.3) is 0 Å². The Hall–Kier alpha value is -1.48. The van der Waals surface area contributed by atoms with Gasteiger partial charge in [-0.3, -0.25) is 0 Å². The minimum Gasteiger partial charge on any atom is -0.0730 e. The zero-order valence-corrected chi connectivity index (χ0v) is 20.4. The first-order chi connectivity index (χ1) is 15.3. The predicted molar refractivity (Wildman–Crippen MR) is 136 cm³/mol. The molecule has 0 saturated heterocycles. The molecule has 1 aromatic rings. The molecule has 2 aliphatic carbocycles. The standard InChI is InChI=1S/C31H46/c1-3-5-6-9-27-16-18-28(19-17-27)10-7-8-11-29-20-22-31(23-21-29)25-24-30-14-12-26(4-2)13-15-30/h8,11,16-19,26,29-31H,3-6,9,12-15,20-25H2,1-2H3/t26-,29-,30-,31-. The lowest BCUT2D eigenvalue weighted by molar-refractivity contribution is 0.224. The highest BCUT2D eigenvalue weighted by Crippen LogP contribution is 2.37. The van der Waals surface area contributed by atoms with Crippen LogP contribution in [0.4, 0.5) is 0 Å². The van der Waals surface area contributed by atoms with Gasteiger partial charge >= 0.3 is 0 Å². The molecule has 0 heterocycles. The number of aryl methyl sites for hydroxylation is 1. The predicted octanol–water partition coefficient (Wildman–Crippen LogP) is 9.13. The molecule has 0 atom stereocenters. The third kappa shape index (κ3) is 8.88. The molecule has 0 N–H and O–H groups in total. The van der Waals surface area contributed by atoms with E-state index in [0.717, 1.165) is 29.2 Å². The van der Waals surface area contributed by atoms with Crippen LogP contribution >= 0.6 is 0 Å². The summed E-state index contributed by atoms with van der Waals surface area (Å²) in [5.41, 5.74) is 2.58. The summed E-state index contributed by atoms with van der Waals surface area (Å²) in [6.45, 7) is 4.63. The molecule has 2 saturated carbocycles. The third-order valence-corrected chi connectivity index (χ3v) is 8.11. The van der Waals surface area contributed by atoms with Gasteiger partial charge in [-0.1, -0.05) is 102 Å². The van der Waals surface area contributed by atoms with Crippen molar-refractivity contribution in [3.05, 3.63) is 47.5 Å². The van der Waals surface area contributed by atoms with Crippen molar-refractivity contribution in [3.63, 3.8) is 0 Å². The fourth-order valence-electron chi connectivity index (χ4n) is 5.71. The van der Waals surface area contributed by atoms with Crippen molar-refractivity contribution in [2.75, 3.05) is 0 Å². The number of allylic oxidation sites excluding steroid dienone is 2. The molecule has 0 aromatic heterocycles. The van der Waals surface area contributed by atoms with Crippen LogP contribution in [0.3, 0.4) is 0 Å². The summed E-state index contributed by atoms with van der Waals surface area (Å²) >= 11 is 0. The van der Waals surface area contributed by atoms with E-state index in [1.165, 1.54) is 102 Å². The summed E-state index contributed by atoms with van der Waals surface area (Å²) in [5, 5.41) is 0. The minimum absolute atomic E-state index is 0.756. The van der Waals surface area contributed by atoms with Crippen molar-refractivity contribution in [3.8, 4) is 11.8 Å². The summed E-state index contributed by atoms with van der Waals surface area (Å²) in [6, 6.07) is 8.87. The molecular weight excluding hydrogens is 372 g/mol. The summed E-state index contributed by atoms with van der Waals surface area (Å²) in [7, 11) is 0. The smallest absolute Gasteiger partial charge is 0.0249 e. The van der Waals surface area contributed by atoms with Crippen LogP contribution < -0.4 is 0 Å². The Labute approximate surface area is 193 Å². The van der Waals surface area contributed by atoms with Gasteiger partial charge in [-0.25, -0.2) is 0 Å². The minimum atomic E-state index is 0.756. The maximum absolute atomic E-state index is 3.31. The molecule has 0 nitrogen and oxygen atoms in total. The summed E-state index contributed by atoms with van der Waals surface area (Å²) in [5.74, 6) is 10.4. The van der Waals surface area contributed by atoms with Gasteiger partial charge < -0.3 is 0 Å². The van der Waals surface area contributed by atoms with Crippen LogP contribution in [0.2, 0.25) is 0 Å². The Morgan fingerprint density at radius 1 is 0.774 bits per heavy atom. The van der Waals surface area contributed by atoms with Gasteiger partial charge in [0.15, 0.2) is 0 Å². The quantitative estimate of drug-likeness (QED) is 0.277. The molecule has 0 radical (unpaired) electrons. The summed E-state index contributed by atoms with van der Waals surface area (Å²) < 4.78 is 0. The Balaban J connectivity index is 1.31. The highest BCUT2D eigenvalue weighted by molar-refractivity contribution is 5.38. The monoisotopic (exact) mass is 418 g/mol. The van der Waals surface area contributed by atoms with Crippen LogP contribution in [-0.2, 0) is 6.42 Å². The van der Waals surface area contributed by atoms with E-state index in [0.29, 0.717) is 0 Å². The second-order valence-electron chi connectivity index (χ2n) is 10.4. The Morgan fingerprint density at radius 2 is 1.39 bits per heavy atom. The van der Waals surface area contributed by atoms with Crippen LogP contribution in [0, 0.1) is 35.5 Å². The van der Waals surface area contributed by atoms with E-state index in [4.69, 9.17) is 0 Å². The molecular formula is C31H46. The SMILES string of the molecule is CCCCCc1ccc(C#CC=C[C@H]2CC[C@H](CC[C@H]3CC[C@H](CC)CC3)CC2)cc1. The van der Waals surface area contributed by atoms with Gasteiger partial charge in [-0.15, -0.1) is 0 Å². The van der Waals surface area contributed by atoms with E-state index in [-0.39, 0.29) is 0 Å². The Morgan fingerprint density at radius 3 is 2.00 bits per heavy atom. The maximum atomic E-state index is 3.31. The van der Waals surface area contributed by atoms with Crippen molar-refractivity contribution >= 4 is 0 Å². The van der Waals surface area contributed by atoms with E-state index in [1.807, 2.05) is 0 Å². The van der Waals surface area contributed by atoms with E-state index in [2.05, 4.69) is 62.1 Å². The highest BCUT2D eigenvalue weighted by Gasteiger charge is 2.23. The molecule has 2 fully saturated rings. The lowest BCUT2D eigenvalue weighted by Gasteiger charge is -2.31. The fraction of sp³-hybridized carbons (Fsp3) is 0.677. The van der Waals surface area contributed by atoms with Gasteiger partial charge in [0, 0.05) is 5.56 Å². The van der Waals surface area contributed by atoms with Crippen LogP contribution in [0.25, 0.3) is 0 Å². The molecule has 0 unspecified atom stereocenters. The Bertz CT molecular complexity index is 682. The third-order valence-electron chi connectivity index (χ3n) is 8.11. The average Bonchev–Trinajstić information content (AvgIpc) is 2.82. The lowest BCUT2D eigenvalue weighted by Crippen LogP contribution is -2.17. The van der Waals surface area contributed by atoms with Crippen LogP contribution in [-0.4, -0.2) is 0 Å². The maximum Gasteiger partial charge on any atom is 0.0249 e. The molecule has 2 aliphatic rings. The number of hydrogen-bond acceptors (Lipinski definition) is 0. The average molecular weight is 419 g/mol. The van der Waals surface area contributed by atoms with E-state index >= 15 is 0 Å². The lowest BCUT2D eigenvalue weighted by atomic mass is 9.75. The van der Waals surface area contributed by atoms with Crippen molar-refractivity contribution in [2.45, 2.75) is 110 Å². The summed E-state index contributed by atoms with van der Waals surface area (Å²) in [4.78, 5) is 0. The molecule has 3 rings (SSSR count). The molecule has 170 valence electrons. The molecule has 1 aromatic carbocycles. The van der Waals surface area contributed by atoms with Crippen molar-refractivity contribution in [2.24, 2.45) is 23.7 Å². The molecule has 0 bridgehead atoms. The number of unbranched alkanes of at least 4 members (excludes halogenated alkanes) is 2. The van der Waals surface area contributed by atoms with Gasteiger partial charge in [0.1, 0.15) is 0 Å². The van der Waals surface area contributed by atoms with Crippen LogP contribution in [0.1, 0.15) is 115 Å². The molecule has 0 heteroatoms. The van der Waals surface area contributed by atoms with Crippen LogP contribution in [0.5, 0.6) is 0 Å². The second-order valence-corrected chi connectivity index (χ2v) is 10.4. The van der Waals surface area contributed by atoms with E-state index in [1.54, 1.807) is 0 Å². The van der Waals surface area contributed by atoms with E-state index < -0.39 is 0 Å². The second kappa shape index (κ2) is 13.8. The number of hydrogen-bond donors (Lipinski definition) is 0. The first-order valence-corrected chi connectivity index (χ1v) is 13.5. The molecule has 31 heavy (non-hydrogen) atoms. The topological polar surface area (TPSA) is 0 Å². The zero-order chi connectivity index (χ0) is 21.7. The zero-order valence-electron chi connectivity index (χ0n) is 20.4. The number of benzene rings is 1. The first kappa shape index (κ1) is 24.2. The van der Waals surface area contributed by atoms with Gasteiger partial charge in [0.05, 0.1) is 0 Å².